The first-order chi connectivity index (χ1) is 12.2. The molecular weight excluding hydrogens is 328 g/mol. The van der Waals surface area contributed by atoms with Crippen molar-refractivity contribution >= 4 is 11.0 Å². The number of ether oxygens (including phenoxy) is 1. The van der Waals surface area contributed by atoms with Crippen LogP contribution in [0.2, 0.25) is 0 Å². The van der Waals surface area contributed by atoms with E-state index in [1.54, 1.807) is 13.2 Å². The second kappa shape index (κ2) is 6.69. The molecule has 1 aliphatic carbocycles. The number of allylic oxidation sites excluding steroid dienone is 1. The van der Waals surface area contributed by atoms with Crippen molar-refractivity contribution in [1.29, 1.82) is 0 Å². The summed E-state index contributed by atoms with van der Waals surface area (Å²) in [5, 5.41) is 11.9. The molecule has 0 amide bonds. The van der Waals surface area contributed by atoms with Crippen molar-refractivity contribution in [2.75, 3.05) is 7.11 Å². The van der Waals surface area contributed by atoms with Gasteiger partial charge in [-0.2, -0.15) is 0 Å². The molecule has 2 unspecified atom stereocenters. The highest BCUT2D eigenvalue weighted by Gasteiger charge is 2.39. The molecule has 0 aliphatic heterocycles. The fourth-order valence-corrected chi connectivity index (χ4v) is 3.71. The smallest absolute Gasteiger partial charge is 0.145 e. The minimum atomic E-state index is -1.43. The fraction of sp³-hybridized carbons (Fsp3) is 0.381. The van der Waals surface area contributed by atoms with E-state index >= 15 is 0 Å². The summed E-state index contributed by atoms with van der Waals surface area (Å²) in [6, 6.07) is 9.65. The van der Waals surface area contributed by atoms with Gasteiger partial charge in [-0.1, -0.05) is 37.8 Å². The molecule has 0 radical (unpaired) electrons. The molecule has 0 bridgehead atoms. The first-order valence-corrected chi connectivity index (χ1v) is 8.67. The van der Waals surface area contributed by atoms with E-state index in [1.807, 2.05) is 50.3 Å². The molecule has 0 fully saturated rings. The predicted octanol–water partition coefficient (Wildman–Crippen LogP) is 3.20. The number of methoxy groups -OCH3 is 1. The Balaban J connectivity index is 1.80. The molecule has 5 N–H and O–H groups in total. The zero-order valence-electron chi connectivity index (χ0n) is 15.5. The van der Waals surface area contributed by atoms with Crippen molar-refractivity contribution in [2.24, 2.45) is 22.8 Å². The maximum Gasteiger partial charge on any atom is 0.145 e. The summed E-state index contributed by atoms with van der Waals surface area (Å²) in [5.74, 6) is 1.22. The Morgan fingerprint density at radius 1 is 1.31 bits per heavy atom. The molecule has 0 spiro atoms. The molecule has 3 rings (SSSR count). The Morgan fingerprint density at radius 2 is 2.04 bits per heavy atom. The van der Waals surface area contributed by atoms with Crippen molar-refractivity contribution in [3.8, 4) is 0 Å². The Hall–Kier alpha value is -2.46. The summed E-state index contributed by atoms with van der Waals surface area (Å²) >= 11 is 0. The van der Waals surface area contributed by atoms with Gasteiger partial charge in [0, 0.05) is 29.5 Å². The highest BCUT2D eigenvalue weighted by molar-refractivity contribution is 5.77. The molecule has 1 aromatic carbocycles. The van der Waals surface area contributed by atoms with Gasteiger partial charge in [-0.05, 0) is 30.0 Å². The summed E-state index contributed by atoms with van der Waals surface area (Å²) in [4.78, 5) is 0. The molecular formula is C21H26N2O3. The number of benzene rings is 1. The molecule has 0 saturated heterocycles. The Labute approximate surface area is 153 Å². The molecule has 5 heteroatoms. The van der Waals surface area contributed by atoms with Gasteiger partial charge in [0.05, 0.1) is 7.11 Å². The maximum absolute atomic E-state index is 10.9. The highest BCUT2D eigenvalue weighted by atomic mass is 16.5. The van der Waals surface area contributed by atoms with E-state index in [-0.39, 0.29) is 12.3 Å². The molecule has 138 valence electrons. The lowest BCUT2D eigenvalue weighted by Crippen LogP contribution is -2.47. The standard InChI is InChI=1S/C21H26N2O3/c1-20(2,17-11-15(22)8-9-19(17)25-3)13-21(23,24)12-16-10-14-6-4-5-7-18(14)26-16/h4-8,10-11,17,24H,12-13,22-23H2,1-3H3. The predicted molar refractivity (Wildman–Crippen MR) is 102 cm³/mol. The highest BCUT2D eigenvalue weighted by Crippen LogP contribution is 2.41. The topological polar surface area (TPSA) is 94.6 Å². The van der Waals surface area contributed by atoms with Crippen molar-refractivity contribution in [3.63, 3.8) is 0 Å². The Morgan fingerprint density at radius 3 is 2.73 bits per heavy atom. The van der Waals surface area contributed by atoms with Crippen molar-refractivity contribution in [2.45, 2.75) is 32.4 Å². The lowest BCUT2D eigenvalue weighted by Gasteiger charge is -2.38. The van der Waals surface area contributed by atoms with E-state index in [0.29, 0.717) is 23.6 Å². The Kier molecular flexibility index (Phi) is 4.72. The van der Waals surface area contributed by atoms with Gasteiger partial charge >= 0.3 is 0 Å². The third-order valence-electron chi connectivity index (χ3n) is 4.80. The third kappa shape index (κ3) is 3.86. The molecule has 2 atom stereocenters. The van der Waals surface area contributed by atoms with Gasteiger partial charge < -0.3 is 25.7 Å². The zero-order chi connectivity index (χ0) is 18.9. The summed E-state index contributed by atoms with van der Waals surface area (Å²) in [6.45, 7) is 4.06. The van der Waals surface area contributed by atoms with Crippen molar-refractivity contribution in [1.82, 2.24) is 0 Å². The van der Waals surface area contributed by atoms with Gasteiger partial charge in [0.15, 0.2) is 0 Å². The second-order valence-electron chi connectivity index (χ2n) is 7.70. The number of fused-ring (bicyclic) bond motifs is 1. The molecule has 1 heterocycles. The number of hydrogen-bond donors (Lipinski definition) is 3. The van der Waals surface area contributed by atoms with Gasteiger partial charge in [-0.3, -0.25) is 0 Å². The Bertz CT molecular complexity index is 866. The molecule has 2 aromatic rings. The van der Waals surface area contributed by atoms with Crippen LogP contribution in [0.1, 0.15) is 26.0 Å². The molecule has 0 saturated carbocycles. The SMILES string of the molecule is COC1=C=CC(N)=CC1C(C)(C)CC(N)(O)Cc1cc2ccccc2o1. The average molecular weight is 354 g/mol. The van der Waals surface area contributed by atoms with Gasteiger partial charge in [-0.25, -0.2) is 0 Å². The van der Waals surface area contributed by atoms with Gasteiger partial charge in [-0.15, -0.1) is 0 Å². The maximum atomic E-state index is 10.9. The number of aliphatic hydroxyl groups is 1. The van der Waals surface area contributed by atoms with E-state index in [1.165, 1.54) is 0 Å². The first kappa shape index (κ1) is 18.3. The minimum absolute atomic E-state index is 0.122. The van der Waals surface area contributed by atoms with E-state index < -0.39 is 11.1 Å². The van der Waals surface area contributed by atoms with Gasteiger partial charge in [0.1, 0.15) is 22.8 Å². The van der Waals surface area contributed by atoms with Gasteiger partial charge in [0.25, 0.3) is 0 Å². The lowest BCUT2D eigenvalue weighted by atomic mass is 9.71. The summed E-state index contributed by atoms with van der Waals surface area (Å²) in [5.41, 5.74) is 14.8. The van der Waals surface area contributed by atoms with E-state index in [2.05, 4.69) is 5.73 Å². The number of para-hydroxylation sites is 1. The van der Waals surface area contributed by atoms with Crippen molar-refractivity contribution in [3.05, 3.63) is 65.4 Å². The third-order valence-corrected chi connectivity index (χ3v) is 4.80. The molecule has 1 aromatic heterocycles. The quantitative estimate of drug-likeness (QED) is 0.547. The van der Waals surface area contributed by atoms with Crippen molar-refractivity contribution < 1.29 is 14.3 Å². The van der Waals surface area contributed by atoms with Crippen LogP contribution in [0.25, 0.3) is 11.0 Å². The van der Waals surface area contributed by atoms with E-state index in [4.69, 9.17) is 20.6 Å². The normalized spacial score (nSPS) is 19.8. The largest absolute Gasteiger partial charge is 0.492 e. The summed E-state index contributed by atoms with van der Waals surface area (Å²) in [6.07, 6.45) is 4.17. The van der Waals surface area contributed by atoms with Crippen LogP contribution in [-0.4, -0.2) is 17.9 Å². The van der Waals surface area contributed by atoms with E-state index in [9.17, 15) is 5.11 Å². The summed E-state index contributed by atoms with van der Waals surface area (Å²) < 4.78 is 11.2. The van der Waals surface area contributed by atoms with Crippen LogP contribution in [0.3, 0.4) is 0 Å². The summed E-state index contributed by atoms with van der Waals surface area (Å²) in [7, 11) is 1.61. The van der Waals surface area contributed by atoms with Gasteiger partial charge in [0.2, 0.25) is 0 Å². The van der Waals surface area contributed by atoms with E-state index in [0.717, 1.165) is 11.0 Å². The molecule has 26 heavy (non-hydrogen) atoms. The fourth-order valence-electron chi connectivity index (χ4n) is 3.71. The lowest BCUT2D eigenvalue weighted by molar-refractivity contribution is -0.0122. The second-order valence-corrected chi connectivity index (χ2v) is 7.70. The van der Waals surface area contributed by atoms with Crippen LogP contribution >= 0.6 is 0 Å². The number of hydrogen-bond acceptors (Lipinski definition) is 5. The van der Waals surface area contributed by atoms with Crippen LogP contribution < -0.4 is 11.5 Å². The molecule has 5 nitrogen and oxygen atoms in total. The minimum Gasteiger partial charge on any atom is -0.492 e. The average Bonchev–Trinajstić information content (AvgIpc) is 2.94. The zero-order valence-corrected chi connectivity index (χ0v) is 15.5. The number of nitrogens with two attached hydrogens (primary N) is 2. The van der Waals surface area contributed by atoms with Crippen LogP contribution in [0.5, 0.6) is 0 Å². The number of rotatable bonds is 6. The number of furan rings is 1. The molecule has 1 aliphatic rings. The monoisotopic (exact) mass is 354 g/mol. The first-order valence-electron chi connectivity index (χ1n) is 8.67. The van der Waals surface area contributed by atoms with Crippen LogP contribution in [-0.2, 0) is 11.2 Å². The van der Waals surface area contributed by atoms with Crippen LogP contribution in [0.4, 0.5) is 0 Å². The van der Waals surface area contributed by atoms with Crippen LogP contribution in [0, 0.1) is 11.3 Å². The van der Waals surface area contributed by atoms with Crippen LogP contribution in [0.15, 0.2) is 64.1 Å².